The molecule has 0 saturated carbocycles. The number of anilines is 1. The Kier molecular flexibility index (Phi) is 5.19. The van der Waals surface area contributed by atoms with E-state index in [0.717, 1.165) is 18.2 Å². The Morgan fingerprint density at radius 1 is 1.43 bits per heavy atom. The van der Waals surface area contributed by atoms with Crippen molar-refractivity contribution < 1.29 is 23.9 Å². The van der Waals surface area contributed by atoms with E-state index in [9.17, 15) is 18.8 Å². The molecular weight excluding hydrogens is 283 g/mol. The van der Waals surface area contributed by atoms with Crippen LogP contribution in [-0.4, -0.2) is 29.1 Å². The minimum Gasteiger partial charge on any atom is -0.480 e. The second kappa shape index (κ2) is 6.85. The van der Waals surface area contributed by atoms with E-state index < -0.39 is 36.2 Å². The van der Waals surface area contributed by atoms with Crippen molar-refractivity contribution in [2.75, 3.05) is 5.32 Å². The van der Waals surface area contributed by atoms with Crippen LogP contribution < -0.4 is 16.4 Å². The zero-order valence-electron chi connectivity index (χ0n) is 10.6. The number of carboxylic acids is 1. The second-order valence-corrected chi connectivity index (χ2v) is 3.96. The summed E-state index contributed by atoms with van der Waals surface area (Å²) in [5, 5.41) is 21.8. The van der Waals surface area contributed by atoms with Gasteiger partial charge in [0.2, 0.25) is 5.91 Å². The second-order valence-electron chi connectivity index (χ2n) is 3.96. The van der Waals surface area contributed by atoms with E-state index in [1.807, 2.05) is 5.32 Å². The van der Waals surface area contributed by atoms with Gasteiger partial charge in [0.25, 0.3) is 0 Å². The van der Waals surface area contributed by atoms with Gasteiger partial charge in [0.05, 0.1) is 17.7 Å². The first kappa shape index (κ1) is 15.9. The highest BCUT2D eigenvalue weighted by atomic mass is 19.1. The minimum absolute atomic E-state index is 0.000358. The maximum Gasteiger partial charge on any atom is 0.326 e. The summed E-state index contributed by atoms with van der Waals surface area (Å²) < 4.78 is 12.9. The molecule has 8 nitrogen and oxygen atoms in total. The lowest BCUT2D eigenvalue weighted by atomic mass is 10.2. The molecule has 0 aromatic heterocycles. The molecule has 1 aromatic rings. The number of nitriles is 1. The third kappa shape index (κ3) is 4.79. The fourth-order valence-electron chi connectivity index (χ4n) is 1.44. The fraction of sp³-hybridized carbons (Fsp3) is 0.167. The Balaban J connectivity index is 2.79. The van der Waals surface area contributed by atoms with Crippen LogP contribution in [-0.2, 0) is 9.59 Å². The van der Waals surface area contributed by atoms with E-state index >= 15 is 0 Å². The number of aliphatic carboxylic acids is 1. The zero-order valence-corrected chi connectivity index (χ0v) is 10.6. The molecule has 1 unspecified atom stereocenters. The summed E-state index contributed by atoms with van der Waals surface area (Å²) in [6, 6.07) is 2.29. The van der Waals surface area contributed by atoms with Crippen molar-refractivity contribution in [1.82, 2.24) is 5.32 Å². The number of carbonyl (C=O) groups is 3. The van der Waals surface area contributed by atoms with Crippen LogP contribution in [0.4, 0.5) is 14.9 Å². The summed E-state index contributed by atoms with van der Waals surface area (Å²) in [4.78, 5) is 33.2. The van der Waals surface area contributed by atoms with Crippen LogP contribution in [0.5, 0.6) is 0 Å². The molecule has 1 aromatic carbocycles. The minimum atomic E-state index is -1.51. The van der Waals surface area contributed by atoms with Gasteiger partial charge >= 0.3 is 12.0 Å². The van der Waals surface area contributed by atoms with Crippen LogP contribution in [0.2, 0.25) is 0 Å². The Bertz CT molecular complexity index is 626. The van der Waals surface area contributed by atoms with E-state index in [4.69, 9.17) is 16.1 Å². The number of carbonyl (C=O) groups excluding carboxylic acids is 2. The molecule has 0 aliphatic heterocycles. The van der Waals surface area contributed by atoms with Crippen molar-refractivity contribution >= 4 is 23.6 Å². The monoisotopic (exact) mass is 294 g/mol. The van der Waals surface area contributed by atoms with E-state index in [1.54, 1.807) is 6.07 Å². The third-order valence-electron chi connectivity index (χ3n) is 2.36. The van der Waals surface area contributed by atoms with Crippen LogP contribution in [0.1, 0.15) is 12.0 Å². The number of nitrogens with one attached hydrogen (secondary N) is 2. The number of hydrogen-bond acceptors (Lipinski definition) is 4. The van der Waals surface area contributed by atoms with Gasteiger partial charge in [0.1, 0.15) is 17.9 Å². The van der Waals surface area contributed by atoms with Crippen molar-refractivity contribution in [2.24, 2.45) is 5.73 Å². The fourth-order valence-corrected chi connectivity index (χ4v) is 1.44. The average Bonchev–Trinajstić information content (AvgIpc) is 2.39. The summed E-state index contributed by atoms with van der Waals surface area (Å²) in [5.41, 5.74) is 4.73. The van der Waals surface area contributed by atoms with Crippen molar-refractivity contribution in [3.63, 3.8) is 0 Å². The van der Waals surface area contributed by atoms with Gasteiger partial charge in [-0.2, -0.15) is 5.26 Å². The van der Waals surface area contributed by atoms with Crippen molar-refractivity contribution in [3.05, 3.63) is 29.6 Å². The number of amides is 3. The predicted molar refractivity (Wildman–Crippen MR) is 68.5 cm³/mol. The van der Waals surface area contributed by atoms with Crippen LogP contribution in [0, 0.1) is 17.1 Å². The third-order valence-corrected chi connectivity index (χ3v) is 2.36. The van der Waals surface area contributed by atoms with Gasteiger partial charge in [0.15, 0.2) is 0 Å². The number of urea groups is 1. The van der Waals surface area contributed by atoms with E-state index in [2.05, 4.69) is 5.32 Å². The Morgan fingerprint density at radius 3 is 2.62 bits per heavy atom. The Hall–Kier alpha value is -3.15. The highest BCUT2D eigenvalue weighted by Gasteiger charge is 2.22. The standard InChI is InChI=1S/C12H11FN4O4/c13-7-1-2-8(6(3-7)5-14)16-12(21)17-9(11(19)20)4-10(15)18/h1-3,9H,4H2,(H2,15,18)(H,19,20)(H2,16,17,21). The number of benzene rings is 1. The molecule has 0 radical (unpaired) electrons. The quantitative estimate of drug-likeness (QED) is 0.610. The maximum absolute atomic E-state index is 12.9. The SMILES string of the molecule is N#Cc1cc(F)ccc1NC(=O)NC(CC(N)=O)C(=O)O. The molecular formula is C12H11FN4O4. The van der Waals surface area contributed by atoms with Crippen LogP contribution in [0.25, 0.3) is 0 Å². The summed E-state index contributed by atoms with van der Waals surface area (Å²) >= 11 is 0. The number of carboxylic acid groups (broad SMARTS) is 1. The number of rotatable bonds is 5. The first-order valence-corrected chi connectivity index (χ1v) is 5.61. The first-order valence-electron chi connectivity index (χ1n) is 5.61. The number of nitrogens with zero attached hydrogens (tertiary/aromatic N) is 1. The van der Waals surface area contributed by atoms with Crippen molar-refractivity contribution in [2.45, 2.75) is 12.5 Å². The highest BCUT2D eigenvalue weighted by Crippen LogP contribution is 2.15. The number of halogens is 1. The first-order chi connectivity index (χ1) is 9.83. The smallest absolute Gasteiger partial charge is 0.326 e. The van der Waals surface area contributed by atoms with Crippen LogP contribution >= 0.6 is 0 Å². The molecule has 0 heterocycles. The summed E-state index contributed by atoms with van der Waals surface area (Å²) in [7, 11) is 0. The van der Waals surface area contributed by atoms with Gasteiger partial charge < -0.3 is 21.5 Å². The molecule has 110 valence electrons. The molecule has 1 atom stereocenters. The lowest BCUT2D eigenvalue weighted by Crippen LogP contribution is -2.45. The van der Waals surface area contributed by atoms with Crippen LogP contribution in [0.15, 0.2) is 18.2 Å². The molecule has 9 heteroatoms. The lowest BCUT2D eigenvalue weighted by Gasteiger charge is -2.14. The molecule has 0 saturated heterocycles. The number of hydrogen-bond donors (Lipinski definition) is 4. The van der Waals surface area contributed by atoms with Gasteiger partial charge in [-0.25, -0.2) is 14.0 Å². The lowest BCUT2D eigenvalue weighted by molar-refractivity contribution is -0.140. The van der Waals surface area contributed by atoms with E-state index in [-0.39, 0.29) is 11.3 Å². The number of primary amides is 1. The van der Waals surface area contributed by atoms with Crippen LogP contribution in [0.3, 0.4) is 0 Å². The van der Waals surface area contributed by atoms with Gasteiger partial charge in [-0.3, -0.25) is 4.79 Å². The highest BCUT2D eigenvalue weighted by molar-refractivity contribution is 5.94. The van der Waals surface area contributed by atoms with Gasteiger partial charge in [0, 0.05) is 0 Å². The number of nitrogens with two attached hydrogens (primary N) is 1. The molecule has 3 amide bonds. The van der Waals surface area contributed by atoms with Gasteiger partial charge in [-0.15, -0.1) is 0 Å². The Morgan fingerprint density at radius 2 is 2.10 bits per heavy atom. The van der Waals surface area contributed by atoms with E-state index in [1.165, 1.54) is 0 Å². The molecule has 5 N–H and O–H groups in total. The topological polar surface area (TPSA) is 145 Å². The molecule has 0 aliphatic carbocycles. The maximum atomic E-state index is 12.9. The normalized spacial score (nSPS) is 11.0. The molecule has 0 bridgehead atoms. The molecule has 1 rings (SSSR count). The van der Waals surface area contributed by atoms with E-state index in [0.29, 0.717) is 0 Å². The molecule has 0 spiro atoms. The average molecular weight is 294 g/mol. The summed E-state index contributed by atoms with van der Waals surface area (Å²) in [5.74, 6) is -3.00. The van der Waals surface area contributed by atoms with Crippen molar-refractivity contribution in [1.29, 1.82) is 5.26 Å². The van der Waals surface area contributed by atoms with Crippen molar-refractivity contribution in [3.8, 4) is 6.07 Å². The molecule has 0 fully saturated rings. The summed E-state index contributed by atoms with van der Waals surface area (Å²) in [6.07, 6.45) is -0.586. The van der Waals surface area contributed by atoms with Gasteiger partial charge in [-0.1, -0.05) is 0 Å². The zero-order chi connectivity index (χ0) is 16.0. The Labute approximate surface area is 118 Å². The summed E-state index contributed by atoms with van der Waals surface area (Å²) in [6.45, 7) is 0. The van der Waals surface area contributed by atoms with Gasteiger partial charge in [-0.05, 0) is 18.2 Å². The molecule has 0 aliphatic rings. The molecule has 21 heavy (non-hydrogen) atoms. The largest absolute Gasteiger partial charge is 0.480 e. The predicted octanol–water partition coefficient (Wildman–Crippen LogP) is 0.147.